The molecule has 0 aliphatic rings. The molecular weight excluding hydrogens is 279 g/mol. The van der Waals surface area contributed by atoms with Crippen LogP contribution in [0.1, 0.15) is 5.56 Å². The maximum atomic E-state index is 13.6. The quantitative estimate of drug-likeness (QED) is 0.691. The van der Waals surface area contributed by atoms with Gasteiger partial charge in [0.1, 0.15) is 0 Å². The molecule has 0 fully saturated rings. The molecule has 3 rings (SSSR count). The third kappa shape index (κ3) is 2.32. The summed E-state index contributed by atoms with van der Waals surface area (Å²) >= 11 is 1.45. The summed E-state index contributed by atoms with van der Waals surface area (Å²) < 4.78 is 20.2. The molecule has 0 radical (unpaired) electrons. The molecule has 0 saturated carbocycles. The molecule has 3 aromatic rings. The molecule has 2 aromatic heterocycles. The highest BCUT2D eigenvalue weighted by molar-refractivity contribution is 7.98. The number of benzene rings is 1. The highest BCUT2D eigenvalue weighted by atomic mass is 32.2. The molecule has 0 aliphatic heterocycles. The highest BCUT2D eigenvalue weighted by Crippen LogP contribution is 2.25. The summed E-state index contributed by atoms with van der Waals surface area (Å²) in [5.74, 6) is 0.186. The molecular formula is C13H11FN4OS. The Labute approximate surface area is 118 Å². The number of fused-ring (bicyclic) bond motifs is 1. The van der Waals surface area contributed by atoms with Crippen LogP contribution >= 0.6 is 11.8 Å². The smallest absolute Gasteiger partial charge is 0.304 e. The van der Waals surface area contributed by atoms with Crippen molar-refractivity contribution in [1.29, 1.82) is 0 Å². The highest BCUT2D eigenvalue weighted by Gasteiger charge is 2.15. The summed E-state index contributed by atoms with van der Waals surface area (Å²) in [5.41, 5.74) is 1.27. The van der Waals surface area contributed by atoms with E-state index in [0.717, 1.165) is 11.8 Å². The zero-order valence-corrected chi connectivity index (χ0v) is 11.5. The summed E-state index contributed by atoms with van der Waals surface area (Å²) in [4.78, 5) is 3.89. The minimum absolute atomic E-state index is 0.118. The first-order chi connectivity index (χ1) is 9.79. The van der Waals surface area contributed by atoms with Crippen LogP contribution in [0, 0.1) is 5.82 Å². The molecule has 0 saturated heterocycles. The molecule has 20 heavy (non-hydrogen) atoms. The van der Waals surface area contributed by atoms with E-state index in [2.05, 4.69) is 15.2 Å². The van der Waals surface area contributed by atoms with E-state index in [9.17, 15) is 4.39 Å². The van der Waals surface area contributed by atoms with Gasteiger partial charge < -0.3 is 4.74 Å². The van der Waals surface area contributed by atoms with E-state index in [1.165, 1.54) is 23.3 Å². The zero-order valence-electron chi connectivity index (χ0n) is 10.7. The molecule has 0 N–H and O–H groups in total. The minimum atomic E-state index is -0.523. The molecule has 102 valence electrons. The maximum Gasteiger partial charge on any atom is 0.304 e. The lowest BCUT2D eigenvalue weighted by molar-refractivity contribution is 0.366. The van der Waals surface area contributed by atoms with Crippen molar-refractivity contribution >= 4 is 17.4 Å². The van der Waals surface area contributed by atoms with Gasteiger partial charge in [0.05, 0.1) is 13.3 Å². The monoisotopic (exact) mass is 290 g/mol. The molecule has 7 heteroatoms. The normalized spacial score (nSPS) is 10.9. The van der Waals surface area contributed by atoms with Gasteiger partial charge in [-0.25, -0.2) is 13.8 Å². The van der Waals surface area contributed by atoms with Gasteiger partial charge in [-0.3, -0.25) is 0 Å². The predicted octanol–water partition coefficient (Wildman–Crippen LogP) is 2.56. The Bertz CT molecular complexity index is 732. The summed E-state index contributed by atoms with van der Waals surface area (Å²) in [7, 11) is 1.48. The van der Waals surface area contributed by atoms with Crippen LogP contribution in [-0.4, -0.2) is 26.7 Å². The molecule has 0 atom stereocenters. The molecule has 0 bridgehead atoms. The van der Waals surface area contributed by atoms with Crippen LogP contribution in [0.3, 0.4) is 0 Å². The Kier molecular flexibility index (Phi) is 3.51. The number of hydrogen-bond donors (Lipinski definition) is 0. The SMILES string of the molecule is COc1ncc(F)c2nnc(SCc3ccccc3)n12. The average Bonchev–Trinajstić information content (AvgIpc) is 2.92. The van der Waals surface area contributed by atoms with Crippen LogP contribution in [0.15, 0.2) is 41.7 Å². The number of hydrogen-bond acceptors (Lipinski definition) is 5. The van der Waals surface area contributed by atoms with Crippen LogP contribution < -0.4 is 4.74 Å². The lowest BCUT2D eigenvalue weighted by Gasteiger charge is -2.05. The zero-order chi connectivity index (χ0) is 13.9. The first-order valence-electron chi connectivity index (χ1n) is 5.90. The average molecular weight is 290 g/mol. The van der Waals surface area contributed by atoms with E-state index in [1.807, 2.05) is 30.3 Å². The van der Waals surface area contributed by atoms with Crippen molar-refractivity contribution in [3.8, 4) is 6.01 Å². The first-order valence-corrected chi connectivity index (χ1v) is 6.88. The van der Waals surface area contributed by atoms with Crippen LogP contribution in [0.2, 0.25) is 0 Å². The van der Waals surface area contributed by atoms with Crippen molar-refractivity contribution in [2.24, 2.45) is 0 Å². The first kappa shape index (κ1) is 12.9. The Morgan fingerprint density at radius 2 is 2.05 bits per heavy atom. The molecule has 0 spiro atoms. The third-order valence-electron chi connectivity index (χ3n) is 2.72. The fraction of sp³-hybridized carbons (Fsp3) is 0.154. The van der Waals surface area contributed by atoms with Gasteiger partial charge in [-0.2, -0.15) is 0 Å². The molecule has 0 unspecified atom stereocenters. The maximum absolute atomic E-state index is 13.6. The summed E-state index contributed by atoms with van der Waals surface area (Å²) in [6, 6.07) is 10.2. The van der Waals surface area contributed by atoms with Gasteiger partial charge in [-0.15, -0.1) is 10.2 Å². The topological polar surface area (TPSA) is 52.3 Å². The van der Waals surface area contributed by atoms with Crippen LogP contribution in [-0.2, 0) is 5.75 Å². The van der Waals surface area contributed by atoms with Gasteiger partial charge in [-0.05, 0) is 5.56 Å². The van der Waals surface area contributed by atoms with Crippen molar-refractivity contribution in [2.45, 2.75) is 10.9 Å². The predicted molar refractivity (Wildman–Crippen MR) is 73.3 cm³/mol. The van der Waals surface area contributed by atoms with Crippen LogP contribution in [0.4, 0.5) is 4.39 Å². The number of halogens is 1. The van der Waals surface area contributed by atoms with E-state index in [-0.39, 0.29) is 11.7 Å². The van der Waals surface area contributed by atoms with Gasteiger partial charge in [0, 0.05) is 5.75 Å². The number of methoxy groups -OCH3 is 1. The van der Waals surface area contributed by atoms with Crippen molar-refractivity contribution in [3.63, 3.8) is 0 Å². The second-order valence-corrected chi connectivity index (χ2v) is 4.95. The van der Waals surface area contributed by atoms with E-state index in [4.69, 9.17) is 4.74 Å². The number of ether oxygens (including phenoxy) is 1. The fourth-order valence-corrected chi connectivity index (χ4v) is 2.66. The Morgan fingerprint density at radius 1 is 1.25 bits per heavy atom. The van der Waals surface area contributed by atoms with Crippen molar-refractivity contribution in [1.82, 2.24) is 19.6 Å². The number of thioether (sulfide) groups is 1. The van der Waals surface area contributed by atoms with Crippen molar-refractivity contribution < 1.29 is 9.13 Å². The second kappa shape index (κ2) is 5.46. The van der Waals surface area contributed by atoms with Gasteiger partial charge in [0.15, 0.2) is 11.0 Å². The van der Waals surface area contributed by atoms with E-state index in [1.54, 1.807) is 0 Å². The Hall–Kier alpha value is -2.15. The molecule has 0 aliphatic carbocycles. The largest absolute Gasteiger partial charge is 0.468 e. The fourth-order valence-electron chi connectivity index (χ4n) is 1.78. The van der Waals surface area contributed by atoms with Gasteiger partial charge in [0.25, 0.3) is 0 Å². The number of rotatable bonds is 4. The summed E-state index contributed by atoms with van der Waals surface area (Å²) in [6.07, 6.45) is 1.08. The van der Waals surface area contributed by atoms with Crippen molar-refractivity contribution in [3.05, 3.63) is 47.9 Å². The summed E-state index contributed by atoms with van der Waals surface area (Å²) in [5, 5.41) is 8.38. The van der Waals surface area contributed by atoms with E-state index >= 15 is 0 Å². The van der Waals surface area contributed by atoms with Crippen LogP contribution in [0.5, 0.6) is 6.01 Å². The van der Waals surface area contributed by atoms with Crippen molar-refractivity contribution in [2.75, 3.05) is 7.11 Å². The van der Waals surface area contributed by atoms with Crippen LogP contribution in [0.25, 0.3) is 5.65 Å². The number of nitrogens with zero attached hydrogens (tertiary/aromatic N) is 4. The molecule has 5 nitrogen and oxygen atoms in total. The molecule has 1 aromatic carbocycles. The van der Waals surface area contributed by atoms with E-state index < -0.39 is 5.82 Å². The minimum Gasteiger partial charge on any atom is -0.468 e. The van der Waals surface area contributed by atoms with Gasteiger partial charge >= 0.3 is 6.01 Å². The Balaban J connectivity index is 1.94. The number of aromatic nitrogens is 4. The standard InChI is InChI=1S/C13H11FN4OS/c1-19-12-15-7-10(14)11-16-17-13(18(11)12)20-8-9-5-3-2-4-6-9/h2-7H,8H2,1H3. The van der Waals surface area contributed by atoms with Gasteiger partial charge in [0.2, 0.25) is 5.65 Å². The Morgan fingerprint density at radius 3 is 2.80 bits per heavy atom. The molecule has 0 amide bonds. The third-order valence-corrected chi connectivity index (χ3v) is 3.72. The second-order valence-electron chi connectivity index (χ2n) is 4.01. The molecule has 2 heterocycles. The summed E-state index contributed by atoms with van der Waals surface area (Å²) in [6.45, 7) is 0. The van der Waals surface area contributed by atoms with E-state index in [0.29, 0.717) is 10.9 Å². The van der Waals surface area contributed by atoms with Gasteiger partial charge in [-0.1, -0.05) is 42.1 Å². The lowest BCUT2D eigenvalue weighted by Crippen LogP contribution is -2.00. The lowest BCUT2D eigenvalue weighted by atomic mass is 10.2.